The van der Waals surface area contributed by atoms with Crippen LogP contribution < -0.4 is 21.7 Å². The molecule has 14 heteroatoms. The van der Waals surface area contributed by atoms with E-state index >= 15 is 0 Å². The molecule has 3 rings (SSSR count). The highest BCUT2D eigenvalue weighted by Crippen LogP contribution is 2.37. The number of nitrogens with one attached hydrogen (secondary N) is 4. The lowest BCUT2D eigenvalue weighted by atomic mass is 9.86. The van der Waals surface area contributed by atoms with Gasteiger partial charge in [-0.15, -0.1) is 0 Å². The predicted octanol–water partition coefficient (Wildman–Crippen LogP) is 4.39. The number of aryl methyl sites for hydroxylation is 1. The van der Waals surface area contributed by atoms with Crippen molar-refractivity contribution in [3.8, 4) is 0 Å². The standard InChI is InChI=1S/C39H63BrN6O7/c1-3-4-10-34(47)43-18-8-21-51-23-25-53-26-24-52-22-9-19-44-36(49)12-7-11-35(48)42-17-5-6-20-46(2)28-29-13-14-30-33(27-29)45-38-31(39(41)50)15-16-32(40)37(30)38/h15-16,29,45H,3-14,17-28H2,1-2H3,(H2,41,50)(H,42,48)(H,43,47)(H,44,49). The van der Waals surface area contributed by atoms with Gasteiger partial charge in [-0.25, -0.2) is 0 Å². The molecule has 298 valence electrons. The molecule has 1 aliphatic carbocycles. The van der Waals surface area contributed by atoms with Gasteiger partial charge in [-0.3, -0.25) is 19.2 Å². The van der Waals surface area contributed by atoms with Gasteiger partial charge in [0.25, 0.3) is 5.91 Å². The lowest BCUT2D eigenvalue weighted by Gasteiger charge is -2.27. The molecule has 53 heavy (non-hydrogen) atoms. The molecule has 6 N–H and O–H groups in total. The molecule has 0 saturated heterocycles. The molecular formula is C39H63BrN6O7. The summed E-state index contributed by atoms with van der Waals surface area (Å²) < 4.78 is 17.5. The summed E-state index contributed by atoms with van der Waals surface area (Å²) in [7, 11) is 2.15. The molecule has 1 atom stereocenters. The Morgan fingerprint density at radius 1 is 0.811 bits per heavy atom. The van der Waals surface area contributed by atoms with Crippen LogP contribution in [0.2, 0.25) is 0 Å². The number of fused-ring (bicyclic) bond motifs is 3. The third-order valence-electron chi connectivity index (χ3n) is 9.40. The first-order valence-corrected chi connectivity index (χ1v) is 20.3. The maximum atomic E-state index is 12.2. The van der Waals surface area contributed by atoms with Crippen LogP contribution in [0.5, 0.6) is 0 Å². The fraction of sp³-hybridized carbons (Fsp3) is 0.692. The highest BCUT2D eigenvalue weighted by molar-refractivity contribution is 9.10. The number of carbonyl (C=O) groups is 4. The van der Waals surface area contributed by atoms with Crippen LogP contribution in [-0.2, 0) is 41.4 Å². The molecule has 0 aliphatic heterocycles. The fourth-order valence-electron chi connectivity index (χ4n) is 6.55. The number of H-pyrrole nitrogens is 1. The Labute approximate surface area is 323 Å². The van der Waals surface area contributed by atoms with Crippen molar-refractivity contribution in [2.24, 2.45) is 11.7 Å². The molecule has 0 bridgehead atoms. The number of carbonyl (C=O) groups excluding carboxylic acids is 4. The van der Waals surface area contributed by atoms with Gasteiger partial charge < -0.3 is 45.8 Å². The number of hydrogen-bond donors (Lipinski definition) is 5. The molecule has 1 aromatic carbocycles. The number of amides is 4. The van der Waals surface area contributed by atoms with E-state index in [1.54, 1.807) is 6.07 Å². The van der Waals surface area contributed by atoms with Gasteiger partial charge >= 0.3 is 0 Å². The van der Waals surface area contributed by atoms with Crippen LogP contribution in [0.25, 0.3) is 10.9 Å². The number of halogens is 1. The molecule has 0 saturated carbocycles. The average molecular weight is 808 g/mol. The Bertz CT molecular complexity index is 1420. The van der Waals surface area contributed by atoms with Crippen molar-refractivity contribution in [2.45, 2.75) is 90.4 Å². The van der Waals surface area contributed by atoms with E-state index < -0.39 is 5.91 Å². The van der Waals surface area contributed by atoms with E-state index in [2.05, 4.69) is 55.7 Å². The number of nitrogens with zero attached hydrogens (tertiary/aromatic N) is 1. The van der Waals surface area contributed by atoms with Crippen molar-refractivity contribution >= 4 is 50.5 Å². The summed E-state index contributed by atoms with van der Waals surface area (Å²) in [5.41, 5.74) is 9.48. The van der Waals surface area contributed by atoms with Crippen molar-refractivity contribution in [3.05, 3.63) is 33.4 Å². The summed E-state index contributed by atoms with van der Waals surface area (Å²) in [5, 5.41) is 9.84. The second-order valence-electron chi connectivity index (χ2n) is 13.9. The van der Waals surface area contributed by atoms with Crippen LogP contribution in [0.4, 0.5) is 0 Å². The number of benzene rings is 1. The first-order chi connectivity index (χ1) is 25.7. The first-order valence-electron chi connectivity index (χ1n) is 19.5. The third kappa shape index (κ3) is 17.3. The molecule has 4 amide bonds. The quantitative estimate of drug-likeness (QED) is 0.0753. The minimum atomic E-state index is -0.419. The van der Waals surface area contributed by atoms with Crippen molar-refractivity contribution in [2.75, 3.05) is 79.4 Å². The maximum absolute atomic E-state index is 12.2. The second-order valence-corrected chi connectivity index (χ2v) is 14.8. The van der Waals surface area contributed by atoms with E-state index in [0.29, 0.717) is 103 Å². The van der Waals surface area contributed by atoms with Crippen LogP contribution in [0.3, 0.4) is 0 Å². The zero-order chi connectivity index (χ0) is 38.3. The van der Waals surface area contributed by atoms with Crippen molar-refractivity contribution < 1.29 is 33.4 Å². The largest absolute Gasteiger partial charge is 0.379 e. The van der Waals surface area contributed by atoms with E-state index in [0.717, 1.165) is 79.8 Å². The van der Waals surface area contributed by atoms with Crippen LogP contribution in [0, 0.1) is 5.92 Å². The molecule has 1 unspecified atom stereocenters. The highest BCUT2D eigenvalue weighted by Gasteiger charge is 2.26. The normalized spacial score (nSPS) is 14.0. The van der Waals surface area contributed by atoms with Crippen LogP contribution in [0.15, 0.2) is 16.6 Å². The Balaban J connectivity index is 1.09. The van der Waals surface area contributed by atoms with Crippen molar-refractivity contribution in [1.29, 1.82) is 0 Å². The fourth-order valence-corrected chi connectivity index (χ4v) is 7.12. The van der Waals surface area contributed by atoms with Crippen LogP contribution >= 0.6 is 15.9 Å². The molecule has 1 aromatic heterocycles. The lowest BCUT2D eigenvalue weighted by molar-refractivity contribution is -0.123. The number of ether oxygens (including phenoxy) is 3. The summed E-state index contributed by atoms with van der Waals surface area (Å²) in [6.07, 6.45) is 10.1. The molecule has 0 fully saturated rings. The lowest BCUT2D eigenvalue weighted by Crippen LogP contribution is -2.31. The Morgan fingerprint density at radius 2 is 1.38 bits per heavy atom. The van der Waals surface area contributed by atoms with E-state index in [1.165, 1.54) is 11.3 Å². The summed E-state index contributed by atoms with van der Waals surface area (Å²) in [6, 6.07) is 3.68. The van der Waals surface area contributed by atoms with Gasteiger partial charge in [0.1, 0.15) is 0 Å². The van der Waals surface area contributed by atoms with Gasteiger partial charge in [0.2, 0.25) is 17.7 Å². The zero-order valence-electron chi connectivity index (χ0n) is 32.0. The number of aromatic amines is 1. The van der Waals surface area contributed by atoms with E-state index in [4.69, 9.17) is 19.9 Å². The summed E-state index contributed by atoms with van der Waals surface area (Å²) in [6.45, 7) is 8.93. The van der Waals surface area contributed by atoms with Gasteiger partial charge in [-0.2, -0.15) is 0 Å². The number of unbranched alkanes of at least 4 members (excludes halogenated alkanes) is 2. The van der Waals surface area contributed by atoms with Gasteiger partial charge in [0.15, 0.2) is 0 Å². The molecule has 1 aliphatic rings. The molecule has 13 nitrogen and oxygen atoms in total. The van der Waals surface area contributed by atoms with Gasteiger partial charge in [0.05, 0.1) is 37.5 Å². The molecular weight excluding hydrogens is 744 g/mol. The minimum absolute atomic E-state index is 0.0148. The SMILES string of the molecule is CCCCC(=O)NCCCOCCOCCOCCCNC(=O)CCCC(=O)NCCCCN(C)CC1CCc2c([nH]c3c(C(N)=O)ccc(Br)c23)C1. The number of nitrogens with two attached hydrogens (primary N) is 1. The number of aromatic nitrogens is 1. The number of hydrogen-bond acceptors (Lipinski definition) is 8. The Hall–Kier alpha value is -3.04. The predicted molar refractivity (Wildman–Crippen MR) is 211 cm³/mol. The second kappa shape index (κ2) is 25.9. The molecule has 0 radical (unpaired) electrons. The molecule has 0 spiro atoms. The minimum Gasteiger partial charge on any atom is -0.379 e. The molecule has 1 heterocycles. The topological polar surface area (TPSA) is 177 Å². The third-order valence-corrected chi connectivity index (χ3v) is 10.1. The van der Waals surface area contributed by atoms with Gasteiger partial charge in [-0.1, -0.05) is 29.3 Å². The maximum Gasteiger partial charge on any atom is 0.250 e. The Kier molecular flexibility index (Phi) is 21.7. The first kappa shape index (κ1) is 44.4. The molecule has 2 aromatic rings. The van der Waals surface area contributed by atoms with Gasteiger partial charge in [-0.05, 0) is 95.0 Å². The Morgan fingerprint density at radius 3 is 1.96 bits per heavy atom. The summed E-state index contributed by atoms with van der Waals surface area (Å²) >= 11 is 3.66. The van der Waals surface area contributed by atoms with E-state index in [-0.39, 0.29) is 17.7 Å². The van der Waals surface area contributed by atoms with Crippen molar-refractivity contribution in [3.63, 3.8) is 0 Å². The monoisotopic (exact) mass is 806 g/mol. The van der Waals surface area contributed by atoms with Gasteiger partial charge in [0, 0.05) is 74.2 Å². The average Bonchev–Trinajstić information content (AvgIpc) is 3.51. The zero-order valence-corrected chi connectivity index (χ0v) is 33.5. The van der Waals surface area contributed by atoms with E-state index in [9.17, 15) is 19.2 Å². The van der Waals surface area contributed by atoms with Crippen LogP contribution in [-0.4, -0.2) is 113 Å². The summed E-state index contributed by atoms with van der Waals surface area (Å²) in [4.78, 5) is 53.7. The number of primary amides is 1. The smallest absolute Gasteiger partial charge is 0.250 e. The number of rotatable bonds is 29. The highest BCUT2D eigenvalue weighted by atomic mass is 79.9. The van der Waals surface area contributed by atoms with E-state index in [1.807, 2.05) is 6.07 Å². The summed E-state index contributed by atoms with van der Waals surface area (Å²) in [5.74, 6) is 0.152. The van der Waals surface area contributed by atoms with Crippen molar-refractivity contribution in [1.82, 2.24) is 25.8 Å². The van der Waals surface area contributed by atoms with Crippen LogP contribution in [0.1, 0.15) is 99.2 Å².